The summed E-state index contributed by atoms with van der Waals surface area (Å²) in [5.74, 6) is -0.900. The molecule has 0 spiro atoms. The number of carbonyl (C=O) groups is 2. The number of aromatic nitrogens is 2. The minimum atomic E-state index is -1.60. The van der Waals surface area contributed by atoms with Crippen LogP contribution in [0.25, 0.3) is 0 Å². The summed E-state index contributed by atoms with van der Waals surface area (Å²) in [6.07, 6.45) is 0.412. The Hall–Kier alpha value is -2.01. The van der Waals surface area contributed by atoms with Crippen molar-refractivity contribution in [1.82, 2.24) is 31.2 Å². The lowest BCUT2D eigenvalue weighted by atomic mass is 9.74. The molecule has 7 N–H and O–H groups in total. The molecule has 0 aliphatic rings. The third-order valence-electron chi connectivity index (χ3n) is 7.90. The van der Waals surface area contributed by atoms with Crippen LogP contribution in [0.15, 0.2) is 12.5 Å². The van der Waals surface area contributed by atoms with Gasteiger partial charge in [0.25, 0.3) is 5.91 Å². The Bertz CT molecular complexity index is 806. The van der Waals surface area contributed by atoms with E-state index in [0.29, 0.717) is 19.6 Å². The standard InChI is InChI=1S/C25H48N6O4.C2H6/c1-22(2,14-27-12-17-13-28-16-30-17)25(7,8)31-19(33)11-10-18(32)20(34)21(35)29-15-23(3,4)24(5,6)26-9;1-2/h13,16,18,20,26-27,32,34H,10-12,14-15H2,1-9H3,(H,28,30)(H,29,35)(H,31,33);1-2H3. The largest absolute Gasteiger partial charge is 0.390 e. The Labute approximate surface area is 224 Å². The molecule has 0 saturated heterocycles. The number of aliphatic hydroxyl groups is 2. The molecule has 2 amide bonds. The van der Waals surface area contributed by atoms with Crippen LogP contribution in [0.4, 0.5) is 0 Å². The zero-order valence-electron chi connectivity index (χ0n) is 25.0. The zero-order chi connectivity index (χ0) is 29.1. The van der Waals surface area contributed by atoms with Gasteiger partial charge in [-0.05, 0) is 52.0 Å². The van der Waals surface area contributed by atoms with E-state index >= 15 is 0 Å². The Morgan fingerprint density at radius 3 is 2.05 bits per heavy atom. The quantitative estimate of drug-likeness (QED) is 0.185. The smallest absolute Gasteiger partial charge is 0.251 e. The van der Waals surface area contributed by atoms with Crippen LogP contribution in [0.5, 0.6) is 0 Å². The molecule has 10 heteroatoms. The van der Waals surface area contributed by atoms with Gasteiger partial charge < -0.3 is 36.5 Å². The van der Waals surface area contributed by atoms with Crippen molar-refractivity contribution in [2.45, 2.75) is 112 Å². The molecule has 0 aromatic carbocycles. The molecule has 0 bridgehead atoms. The zero-order valence-corrected chi connectivity index (χ0v) is 25.0. The average molecular weight is 527 g/mol. The molecule has 0 radical (unpaired) electrons. The Morgan fingerprint density at radius 2 is 1.54 bits per heavy atom. The lowest BCUT2D eigenvalue weighted by Crippen LogP contribution is -2.57. The SMILES string of the molecule is CC.CNC(C)(C)C(C)(C)CNC(=O)C(O)C(O)CCC(=O)NC(C)(C)C(C)(C)CNCc1cnc[nH]1. The van der Waals surface area contributed by atoms with Crippen molar-refractivity contribution in [3.63, 3.8) is 0 Å². The van der Waals surface area contributed by atoms with Crippen molar-refractivity contribution in [3.05, 3.63) is 18.2 Å². The van der Waals surface area contributed by atoms with Crippen molar-refractivity contribution in [2.75, 3.05) is 20.1 Å². The minimum Gasteiger partial charge on any atom is -0.390 e. The van der Waals surface area contributed by atoms with Gasteiger partial charge in [0.15, 0.2) is 6.10 Å². The third-order valence-corrected chi connectivity index (χ3v) is 7.90. The van der Waals surface area contributed by atoms with Gasteiger partial charge >= 0.3 is 0 Å². The van der Waals surface area contributed by atoms with E-state index in [0.717, 1.165) is 5.69 Å². The van der Waals surface area contributed by atoms with E-state index in [-0.39, 0.29) is 35.1 Å². The second-order valence-electron chi connectivity index (χ2n) is 11.8. The van der Waals surface area contributed by atoms with Crippen LogP contribution < -0.4 is 21.3 Å². The molecule has 37 heavy (non-hydrogen) atoms. The molecule has 10 nitrogen and oxygen atoms in total. The summed E-state index contributed by atoms with van der Waals surface area (Å²) >= 11 is 0. The van der Waals surface area contributed by atoms with Gasteiger partial charge in [0.1, 0.15) is 0 Å². The first-order valence-electron chi connectivity index (χ1n) is 13.3. The molecule has 216 valence electrons. The fourth-order valence-corrected chi connectivity index (χ4v) is 3.28. The number of rotatable bonds is 15. The second-order valence-corrected chi connectivity index (χ2v) is 11.8. The van der Waals surface area contributed by atoms with Gasteiger partial charge in [-0.25, -0.2) is 4.98 Å². The molecule has 1 aromatic rings. The van der Waals surface area contributed by atoms with Crippen molar-refractivity contribution >= 4 is 11.8 Å². The average Bonchev–Trinajstić information content (AvgIpc) is 3.34. The number of hydrogen-bond donors (Lipinski definition) is 7. The number of imidazole rings is 1. The predicted octanol–water partition coefficient (Wildman–Crippen LogP) is 2.09. The van der Waals surface area contributed by atoms with Gasteiger partial charge in [0.05, 0.1) is 12.4 Å². The highest BCUT2D eigenvalue weighted by Crippen LogP contribution is 2.30. The molecule has 2 atom stereocenters. The first-order valence-corrected chi connectivity index (χ1v) is 13.3. The van der Waals surface area contributed by atoms with Crippen LogP contribution in [0, 0.1) is 10.8 Å². The van der Waals surface area contributed by atoms with E-state index < -0.39 is 23.7 Å². The molecule has 0 aliphatic carbocycles. The van der Waals surface area contributed by atoms with Crippen LogP contribution in [-0.2, 0) is 16.1 Å². The molecular weight excluding hydrogens is 472 g/mol. The monoisotopic (exact) mass is 526 g/mol. The van der Waals surface area contributed by atoms with E-state index in [1.165, 1.54) is 0 Å². The number of carbonyl (C=O) groups excluding carboxylic acids is 2. The Balaban J connectivity index is 0.00000631. The number of nitrogens with one attached hydrogen (secondary N) is 5. The summed E-state index contributed by atoms with van der Waals surface area (Å²) in [5, 5.41) is 32.9. The fourth-order valence-electron chi connectivity index (χ4n) is 3.28. The van der Waals surface area contributed by atoms with Crippen molar-refractivity contribution < 1.29 is 19.8 Å². The lowest BCUT2D eigenvalue weighted by molar-refractivity contribution is -0.137. The van der Waals surface area contributed by atoms with Crippen molar-refractivity contribution in [2.24, 2.45) is 10.8 Å². The highest BCUT2D eigenvalue weighted by atomic mass is 16.3. The summed E-state index contributed by atoms with van der Waals surface area (Å²) in [6.45, 7) is 21.7. The fraction of sp³-hybridized carbons (Fsp3) is 0.815. The van der Waals surface area contributed by atoms with E-state index in [2.05, 4.69) is 45.1 Å². The van der Waals surface area contributed by atoms with Gasteiger partial charge in [-0.2, -0.15) is 0 Å². The van der Waals surface area contributed by atoms with E-state index in [1.807, 2.05) is 62.4 Å². The molecule has 0 fully saturated rings. The van der Waals surface area contributed by atoms with Crippen LogP contribution in [0.3, 0.4) is 0 Å². The molecule has 0 aliphatic heterocycles. The van der Waals surface area contributed by atoms with Gasteiger partial charge in [-0.1, -0.05) is 41.5 Å². The number of H-pyrrole nitrogens is 1. The minimum absolute atomic E-state index is 0.00906. The van der Waals surface area contributed by atoms with E-state index in [1.54, 1.807) is 12.5 Å². The molecule has 0 saturated carbocycles. The van der Waals surface area contributed by atoms with Gasteiger partial charge in [-0.3, -0.25) is 9.59 Å². The molecule has 2 unspecified atom stereocenters. The number of nitrogens with zero attached hydrogens (tertiary/aromatic N) is 1. The van der Waals surface area contributed by atoms with Crippen LogP contribution >= 0.6 is 0 Å². The second kappa shape index (κ2) is 14.8. The normalized spacial score (nSPS) is 14.3. The lowest BCUT2D eigenvalue weighted by Gasteiger charge is -2.42. The van der Waals surface area contributed by atoms with Crippen LogP contribution in [0.2, 0.25) is 0 Å². The third kappa shape index (κ3) is 10.7. The number of hydrogen-bond acceptors (Lipinski definition) is 7. The summed E-state index contributed by atoms with van der Waals surface area (Å²) in [4.78, 5) is 32.0. The highest BCUT2D eigenvalue weighted by Gasteiger charge is 2.39. The number of aromatic amines is 1. The van der Waals surface area contributed by atoms with Crippen LogP contribution in [0.1, 0.15) is 87.8 Å². The predicted molar refractivity (Wildman–Crippen MR) is 149 cm³/mol. The highest BCUT2D eigenvalue weighted by molar-refractivity contribution is 5.81. The number of aliphatic hydroxyl groups excluding tert-OH is 2. The summed E-state index contributed by atoms with van der Waals surface area (Å²) < 4.78 is 0. The van der Waals surface area contributed by atoms with Gasteiger partial charge in [-0.15, -0.1) is 0 Å². The maximum atomic E-state index is 12.6. The maximum Gasteiger partial charge on any atom is 0.251 e. The first kappa shape index (κ1) is 35.0. The molecule has 1 rings (SSSR count). The van der Waals surface area contributed by atoms with Gasteiger partial charge in [0.2, 0.25) is 5.91 Å². The van der Waals surface area contributed by atoms with Gasteiger partial charge in [0, 0.05) is 49.0 Å². The van der Waals surface area contributed by atoms with Crippen molar-refractivity contribution in [3.8, 4) is 0 Å². The summed E-state index contributed by atoms with van der Waals surface area (Å²) in [6, 6.07) is 0. The maximum absolute atomic E-state index is 12.6. The Kier molecular flexibility index (Phi) is 14.0. The van der Waals surface area contributed by atoms with E-state index in [4.69, 9.17) is 0 Å². The first-order chi connectivity index (χ1) is 17.0. The molecular formula is C27H54N6O4. The number of amides is 2. The summed E-state index contributed by atoms with van der Waals surface area (Å²) in [5.41, 5.74) is -0.398. The topological polar surface area (TPSA) is 151 Å². The molecule has 1 aromatic heterocycles. The summed E-state index contributed by atoms with van der Waals surface area (Å²) in [7, 11) is 1.85. The molecule has 1 heterocycles. The van der Waals surface area contributed by atoms with E-state index in [9.17, 15) is 19.8 Å². The van der Waals surface area contributed by atoms with Crippen LogP contribution in [-0.4, -0.2) is 75.4 Å². The van der Waals surface area contributed by atoms with Crippen molar-refractivity contribution in [1.29, 1.82) is 0 Å². The Morgan fingerprint density at radius 1 is 0.973 bits per heavy atom.